The standard InChI is InChI=1S/C13H16N2O4/c1-14-12(13(17)18-3)8-4-5-10-9(6-8)15(2)11(16)7-19-10/h4-6,12,14H,7H2,1-3H3. The van der Waals surface area contributed by atoms with Crippen molar-refractivity contribution in [3.05, 3.63) is 23.8 Å². The van der Waals surface area contributed by atoms with E-state index >= 15 is 0 Å². The van der Waals surface area contributed by atoms with Crippen LogP contribution in [-0.4, -0.2) is 39.7 Å². The first-order valence-corrected chi connectivity index (χ1v) is 5.87. The van der Waals surface area contributed by atoms with E-state index in [1.54, 1.807) is 32.3 Å². The highest BCUT2D eigenvalue weighted by atomic mass is 16.5. The Labute approximate surface area is 111 Å². The van der Waals surface area contributed by atoms with Crippen LogP contribution in [0.25, 0.3) is 0 Å². The van der Waals surface area contributed by atoms with Gasteiger partial charge in [-0.05, 0) is 24.7 Å². The fourth-order valence-electron chi connectivity index (χ4n) is 2.01. The lowest BCUT2D eigenvalue weighted by atomic mass is 10.0. The summed E-state index contributed by atoms with van der Waals surface area (Å²) >= 11 is 0. The maximum Gasteiger partial charge on any atom is 0.327 e. The lowest BCUT2D eigenvalue weighted by Crippen LogP contribution is -2.36. The van der Waals surface area contributed by atoms with E-state index in [4.69, 9.17) is 9.47 Å². The minimum Gasteiger partial charge on any atom is -0.482 e. The van der Waals surface area contributed by atoms with Crippen molar-refractivity contribution in [1.82, 2.24) is 5.32 Å². The fourth-order valence-corrected chi connectivity index (χ4v) is 2.01. The van der Waals surface area contributed by atoms with Gasteiger partial charge in [0.25, 0.3) is 5.91 Å². The molecule has 6 nitrogen and oxygen atoms in total. The Balaban J connectivity index is 2.39. The zero-order chi connectivity index (χ0) is 14.0. The van der Waals surface area contributed by atoms with Crippen molar-refractivity contribution in [3.8, 4) is 5.75 Å². The van der Waals surface area contributed by atoms with E-state index in [2.05, 4.69) is 5.32 Å². The van der Waals surface area contributed by atoms with Gasteiger partial charge in [0.1, 0.15) is 11.8 Å². The van der Waals surface area contributed by atoms with Crippen LogP contribution >= 0.6 is 0 Å². The summed E-state index contributed by atoms with van der Waals surface area (Å²) in [6.07, 6.45) is 0. The molecule has 1 aliphatic rings. The largest absolute Gasteiger partial charge is 0.482 e. The Kier molecular flexibility index (Phi) is 3.71. The van der Waals surface area contributed by atoms with Gasteiger partial charge in [-0.15, -0.1) is 0 Å². The number of likely N-dealkylation sites (N-methyl/N-ethyl adjacent to an activating group) is 2. The number of nitrogens with zero attached hydrogens (tertiary/aromatic N) is 1. The monoisotopic (exact) mass is 264 g/mol. The smallest absolute Gasteiger partial charge is 0.327 e. The molecule has 1 atom stereocenters. The topological polar surface area (TPSA) is 67.9 Å². The van der Waals surface area contributed by atoms with Gasteiger partial charge in [-0.2, -0.15) is 0 Å². The number of esters is 1. The molecule has 1 N–H and O–H groups in total. The first-order chi connectivity index (χ1) is 9.08. The van der Waals surface area contributed by atoms with Gasteiger partial charge in [0.2, 0.25) is 0 Å². The molecule has 0 fully saturated rings. The lowest BCUT2D eigenvalue weighted by molar-refractivity contribution is -0.143. The van der Waals surface area contributed by atoms with Crippen LogP contribution in [0, 0.1) is 0 Å². The summed E-state index contributed by atoms with van der Waals surface area (Å²) in [6.45, 7) is 0.0370. The summed E-state index contributed by atoms with van der Waals surface area (Å²) in [7, 11) is 4.69. The van der Waals surface area contributed by atoms with Gasteiger partial charge in [0.05, 0.1) is 12.8 Å². The summed E-state index contributed by atoms with van der Waals surface area (Å²) in [5, 5.41) is 2.88. The number of fused-ring (bicyclic) bond motifs is 1. The SMILES string of the molecule is CNC(C(=O)OC)c1ccc2c(c1)N(C)C(=O)CO2. The summed E-state index contributed by atoms with van der Waals surface area (Å²) < 4.78 is 10.1. The number of benzene rings is 1. The van der Waals surface area contributed by atoms with Crippen LogP contribution in [0.1, 0.15) is 11.6 Å². The van der Waals surface area contributed by atoms with Gasteiger partial charge in [-0.25, -0.2) is 4.79 Å². The van der Waals surface area contributed by atoms with Gasteiger partial charge < -0.3 is 19.7 Å². The highest BCUT2D eigenvalue weighted by Gasteiger charge is 2.25. The first kappa shape index (κ1) is 13.4. The minimum absolute atomic E-state index is 0.0370. The van der Waals surface area contributed by atoms with Crippen LogP contribution in [0.4, 0.5) is 5.69 Å². The van der Waals surface area contributed by atoms with E-state index in [0.29, 0.717) is 11.4 Å². The normalized spacial score (nSPS) is 15.5. The Bertz CT molecular complexity index is 515. The van der Waals surface area contributed by atoms with Gasteiger partial charge in [-0.1, -0.05) is 6.07 Å². The summed E-state index contributed by atoms with van der Waals surface area (Å²) in [5.41, 5.74) is 1.37. The first-order valence-electron chi connectivity index (χ1n) is 5.87. The number of carbonyl (C=O) groups excluding carboxylic acids is 2. The molecule has 6 heteroatoms. The Hall–Kier alpha value is -2.08. The summed E-state index contributed by atoms with van der Waals surface area (Å²) in [4.78, 5) is 24.8. The minimum atomic E-state index is -0.569. The molecule has 1 aromatic carbocycles. The number of anilines is 1. The fraction of sp³-hybridized carbons (Fsp3) is 0.385. The average molecular weight is 264 g/mol. The van der Waals surface area contributed by atoms with Crippen molar-refractivity contribution in [2.45, 2.75) is 6.04 Å². The molecule has 0 saturated heterocycles. The van der Waals surface area contributed by atoms with Crippen molar-refractivity contribution < 1.29 is 19.1 Å². The van der Waals surface area contributed by atoms with Crippen molar-refractivity contribution >= 4 is 17.6 Å². The number of carbonyl (C=O) groups is 2. The van der Waals surface area contributed by atoms with Crippen LogP contribution in [0.5, 0.6) is 5.75 Å². The predicted molar refractivity (Wildman–Crippen MR) is 69.2 cm³/mol. The molecule has 1 amide bonds. The molecular formula is C13H16N2O4. The number of methoxy groups -OCH3 is 1. The third-order valence-corrected chi connectivity index (χ3v) is 3.13. The molecule has 0 spiro atoms. The molecule has 0 radical (unpaired) electrons. The molecular weight excluding hydrogens is 248 g/mol. The molecule has 0 aliphatic carbocycles. The highest BCUT2D eigenvalue weighted by Crippen LogP contribution is 2.33. The predicted octanol–water partition coefficient (Wildman–Crippen LogP) is 0.475. The maximum atomic E-state index is 11.7. The third-order valence-electron chi connectivity index (χ3n) is 3.13. The number of hydrogen-bond acceptors (Lipinski definition) is 5. The second-order valence-corrected chi connectivity index (χ2v) is 4.21. The van der Waals surface area contributed by atoms with E-state index < -0.39 is 6.04 Å². The average Bonchev–Trinajstić information content (AvgIpc) is 2.44. The zero-order valence-electron chi connectivity index (χ0n) is 11.1. The van der Waals surface area contributed by atoms with E-state index in [0.717, 1.165) is 5.56 Å². The number of nitrogens with one attached hydrogen (secondary N) is 1. The third kappa shape index (κ3) is 2.39. The maximum absolute atomic E-state index is 11.7. The molecule has 0 aromatic heterocycles. The van der Waals surface area contributed by atoms with Gasteiger partial charge >= 0.3 is 5.97 Å². The van der Waals surface area contributed by atoms with Crippen LogP contribution in [0.2, 0.25) is 0 Å². The number of amides is 1. The second-order valence-electron chi connectivity index (χ2n) is 4.21. The van der Waals surface area contributed by atoms with Gasteiger partial charge in [-0.3, -0.25) is 4.79 Å². The summed E-state index contributed by atoms with van der Waals surface area (Å²) in [5.74, 6) is 0.127. The molecule has 19 heavy (non-hydrogen) atoms. The molecule has 1 aromatic rings. The lowest BCUT2D eigenvalue weighted by Gasteiger charge is -2.27. The highest BCUT2D eigenvalue weighted by molar-refractivity contribution is 5.97. The molecule has 1 aliphatic heterocycles. The molecule has 1 heterocycles. The van der Waals surface area contributed by atoms with Crippen molar-refractivity contribution in [2.75, 3.05) is 32.7 Å². The van der Waals surface area contributed by atoms with Crippen molar-refractivity contribution in [3.63, 3.8) is 0 Å². The second kappa shape index (κ2) is 5.27. The number of rotatable bonds is 3. The van der Waals surface area contributed by atoms with E-state index in [-0.39, 0.29) is 18.5 Å². The Morgan fingerprint density at radius 3 is 2.89 bits per heavy atom. The number of ether oxygens (including phenoxy) is 2. The van der Waals surface area contributed by atoms with E-state index in [1.165, 1.54) is 12.0 Å². The number of hydrogen-bond donors (Lipinski definition) is 1. The zero-order valence-corrected chi connectivity index (χ0v) is 11.1. The Morgan fingerprint density at radius 1 is 1.53 bits per heavy atom. The summed E-state index contributed by atoms with van der Waals surface area (Å²) in [6, 6.07) is 4.71. The van der Waals surface area contributed by atoms with E-state index in [9.17, 15) is 9.59 Å². The molecule has 0 bridgehead atoms. The van der Waals surface area contributed by atoms with Crippen LogP contribution in [0.3, 0.4) is 0 Å². The van der Waals surface area contributed by atoms with Crippen LogP contribution < -0.4 is 15.0 Å². The molecule has 0 saturated carbocycles. The van der Waals surface area contributed by atoms with E-state index in [1.807, 2.05) is 0 Å². The quantitative estimate of drug-likeness (QED) is 0.804. The molecule has 2 rings (SSSR count). The van der Waals surface area contributed by atoms with Gasteiger partial charge in [0.15, 0.2) is 6.61 Å². The Morgan fingerprint density at radius 2 is 2.26 bits per heavy atom. The molecule has 102 valence electrons. The van der Waals surface area contributed by atoms with Crippen LogP contribution in [0.15, 0.2) is 18.2 Å². The van der Waals surface area contributed by atoms with Gasteiger partial charge in [0, 0.05) is 7.05 Å². The molecule has 1 unspecified atom stereocenters. The van der Waals surface area contributed by atoms with Crippen LogP contribution in [-0.2, 0) is 14.3 Å². The van der Waals surface area contributed by atoms with Crippen molar-refractivity contribution in [2.24, 2.45) is 0 Å². The van der Waals surface area contributed by atoms with Crippen molar-refractivity contribution in [1.29, 1.82) is 0 Å².